The van der Waals surface area contributed by atoms with Gasteiger partial charge >= 0.3 is 0 Å². The molecule has 11 heteroatoms. The van der Waals surface area contributed by atoms with Gasteiger partial charge in [0.1, 0.15) is 10.1 Å². The van der Waals surface area contributed by atoms with Crippen molar-refractivity contribution in [2.24, 2.45) is 5.41 Å². The molecule has 37 heavy (non-hydrogen) atoms. The van der Waals surface area contributed by atoms with Crippen molar-refractivity contribution in [2.75, 3.05) is 25.5 Å². The summed E-state index contributed by atoms with van der Waals surface area (Å²) in [6, 6.07) is 6.88. The lowest BCUT2D eigenvalue weighted by atomic mass is 9.83. The van der Waals surface area contributed by atoms with Gasteiger partial charge in [-0.05, 0) is 54.2 Å². The number of amides is 1. The quantitative estimate of drug-likeness (QED) is 0.379. The van der Waals surface area contributed by atoms with Gasteiger partial charge in [-0.25, -0.2) is 14.1 Å². The number of likely N-dealkylation sites (tertiary alicyclic amines) is 1. The van der Waals surface area contributed by atoms with Crippen LogP contribution in [0.4, 0.5) is 10.3 Å². The first-order valence-corrected chi connectivity index (χ1v) is 13.0. The van der Waals surface area contributed by atoms with Crippen LogP contribution in [0.25, 0.3) is 27.6 Å². The van der Waals surface area contributed by atoms with Gasteiger partial charge in [-0.15, -0.1) is 0 Å². The van der Waals surface area contributed by atoms with Gasteiger partial charge in [-0.3, -0.25) is 9.78 Å². The average molecular weight is 568 g/mol. The molecule has 1 saturated carbocycles. The van der Waals surface area contributed by atoms with Crippen LogP contribution in [0.1, 0.15) is 33.1 Å². The maximum atomic E-state index is 14.8. The minimum atomic E-state index is -0.432. The molecule has 6 rings (SSSR count). The lowest BCUT2D eigenvalue weighted by molar-refractivity contribution is -0.167. The van der Waals surface area contributed by atoms with E-state index in [0.29, 0.717) is 57.7 Å². The van der Waals surface area contributed by atoms with Gasteiger partial charge in [-0.1, -0.05) is 13.0 Å². The number of benzene rings is 1. The van der Waals surface area contributed by atoms with Crippen LogP contribution in [0.15, 0.2) is 41.3 Å². The number of methoxy groups -OCH3 is 1. The number of hydrogen-bond acceptors (Lipinski definition) is 7. The third-order valence-corrected chi connectivity index (χ3v) is 8.27. The zero-order chi connectivity index (χ0) is 25.9. The van der Waals surface area contributed by atoms with E-state index in [1.54, 1.807) is 30.3 Å². The lowest BCUT2D eigenvalue weighted by Gasteiger charge is -2.49. The SMILES string of the molecule is COC1(C)CN(C(=O)[C@]2(C)CC[C@@H](Nc3ncc4c(Br)nn(-c5cc(F)c6ncccc6c5)c4n3)C2)C1. The number of carbonyl (C=O) groups excluding carboxylic acids is 1. The number of nitrogens with zero attached hydrogens (tertiary/aromatic N) is 6. The highest BCUT2D eigenvalue weighted by molar-refractivity contribution is 9.10. The fourth-order valence-corrected chi connectivity index (χ4v) is 5.97. The third-order valence-electron chi connectivity index (χ3n) is 7.69. The van der Waals surface area contributed by atoms with Crippen molar-refractivity contribution in [1.29, 1.82) is 0 Å². The van der Waals surface area contributed by atoms with Crippen molar-refractivity contribution in [3.8, 4) is 5.69 Å². The number of ether oxygens (including phenoxy) is 1. The second kappa shape index (κ2) is 8.70. The molecule has 0 radical (unpaired) electrons. The molecule has 1 aliphatic carbocycles. The average Bonchev–Trinajstić information content (AvgIpc) is 3.41. The zero-order valence-corrected chi connectivity index (χ0v) is 22.4. The summed E-state index contributed by atoms with van der Waals surface area (Å²) in [4.78, 5) is 28.4. The number of pyridine rings is 1. The molecule has 4 aromatic rings. The number of fused-ring (bicyclic) bond motifs is 2. The summed E-state index contributed by atoms with van der Waals surface area (Å²) in [5.41, 5.74) is 0.715. The topological polar surface area (TPSA) is 98.1 Å². The van der Waals surface area contributed by atoms with Gasteiger partial charge in [0.05, 0.1) is 29.8 Å². The Labute approximate surface area is 221 Å². The molecule has 2 aliphatic rings. The highest BCUT2D eigenvalue weighted by Gasteiger charge is 2.49. The number of halogens is 2. The van der Waals surface area contributed by atoms with Crippen LogP contribution in [0, 0.1) is 11.2 Å². The number of hydrogen-bond donors (Lipinski definition) is 1. The molecule has 1 amide bonds. The summed E-state index contributed by atoms with van der Waals surface area (Å²) >= 11 is 3.48. The summed E-state index contributed by atoms with van der Waals surface area (Å²) in [6.45, 7) is 5.32. The molecule has 1 aromatic carbocycles. The minimum Gasteiger partial charge on any atom is -0.375 e. The molecule has 9 nitrogen and oxygen atoms in total. The molecule has 0 spiro atoms. The van der Waals surface area contributed by atoms with Crippen molar-refractivity contribution in [3.63, 3.8) is 0 Å². The third kappa shape index (κ3) is 4.14. The van der Waals surface area contributed by atoms with Crippen LogP contribution in [0.2, 0.25) is 0 Å². The van der Waals surface area contributed by atoms with Crippen LogP contribution >= 0.6 is 15.9 Å². The van der Waals surface area contributed by atoms with Crippen molar-refractivity contribution in [2.45, 2.75) is 44.8 Å². The fraction of sp³-hybridized carbons (Fsp3) is 0.423. The first kappa shape index (κ1) is 24.2. The van der Waals surface area contributed by atoms with E-state index in [9.17, 15) is 9.18 Å². The molecule has 0 bridgehead atoms. The van der Waals surface area contributed by atoms with E-state index >= 15 is 0 Å². The number of anilines is 1. The van der Waals surface area contributed by atoms with Crippen molar-refractivity contribution >= 4 is 49.7 Å². The molecule has 1 N–H and O–H groups in total. The number of aromatic nitrogens is 5. The molecule has 4 heterocycles. The van der Waals surface area contributed by atoms with E-state index in [4.69, 9.17) is 9.72 Å². The predicted molar refractivity (Wildman–Crippen MR) is 141 cm³/mol. The van der Waals surface area contributed by atoms with Gasteiger partial charge in [0.25, 0.3) is 0 Å². The van der Waals surface area contributed by atoms with Gasteiger partial charge in [0, 0.05) is 42.4 Å². The van der Waals surface area contributed by atoms with Crippen LogP contribution < -0.4 is 5.32 Å². The number of nitrogens with one attached hydrogen (secondary N) is 1. The Bertz CT molecular complexity index is 1540. The Morgan fingerprint density at radius 3 is 2.86 bits per heavy atom. The van der Waals surface area contributed by atoms with E-state index in [1.807, 2.05) is 30.9 Å². The molecular weight excluding hydrogens is 541 g/mol. The Morgan fingerprint density at radius 1 is 1.27 bits per heavy atom. The smallest absolute Gasteiger partial charge is 0.228 e. The van der Waals surface area contributed by atoms with Gasteiger partial charge < -0.3 is 15.0 Å². The Morgan fingerprint density at radius 2 is 2.08 bits per heavy atom. The van der Waals surface area contributed by atoms with Crippen molar-refractivity contribution in [1.82, 2.24) is 29.6 Å². The summed E-state index contributed by atoms with van der Waals surface area (Å²) in [5, 5.41) is 9.34. The number of carbonyl (C=O) groups is 1. The van der Waals surface area contributed by atoms with E-state index in [-0.39, 0.29) is 17.6 Å². The number of rotatable bonds is 5. The van der Waals surface area contributed by atoms with Crippen LogP contribution in [-0.2, 0) is 9.53 Å². The van der Waals surface area contributed by atoms with Crippen LogP contribution in [0.5, 0.6) is 0 Å². The summed E-state index contributed by atoms with van der Waals surface area (Å²) < 4.78 is 22.4. The molecule has 3 aromatic heterocycles. The lowest BCUT2D eigenvalue weighted by Crippen LogP contribution is -2.64. The molecule has 192 valence electrons. The van der Waals surface area contributed by atoms with Gasteiger partial charge in [-0.2, -0.15) is 10.1 Å². The second-order valence-electron chi connectivity index (χ2n) is 10.6. The van der Waals surface area contributed by atoms with Crippen molar-refractivity contribution < 1.29 is 13.9 Å². The maximum absolute atomic E-state index is 14.8. The Balaban J connectivity index is 1.24. The molecule has 2 fully saturated rings. The normalized spacial score (nSPS) is 22.9. The largest absolute Gasteiger partial charge is 0.375 e. The molecule has 1 saturated heterocycles. The monoisotopic (exact) mass is 567 g/mol. The fourth-order valence-electron chi connectivity index (χ4n) is 5.53. The van der Waals surface area contributed by atoms with Crippen LogP contribution in [0.3, 0.4) is 0 Å². The van der Waals surface area contributed by atoms with Crippen molar-refractivity contribution in [3.05, 3.63) is 47.1 Å². The van der Waals surface area contributed by atoms with Gasteiger partial charge in [0.2, 0.25) is 11.9 Å². The summed E-state index contributed by atoms with van der Waals surface area (Å²) in [6.07, 6.45) is 5.59. The van der Waals surface area contributed by atoms with E-state index in [0.717, 1.165) is 12.8 Å². The first-order chi connectivity index (χ1) is 17.7. The Hall–Kier alpha value is -3.18. The summed E-state index contributed by atoms with van der Waals surface area (Å²) in [5.74, 6) is 0.197. The summed E-state index contributed by atoms with van der Waals surface area (Å²) in [7, 11) is 1.69. The van der Waals surface area contributed by atoms with Gasteiger partial charge in [0.15, 0.2) is 11.5 Å². The van der Waals surface area contributed by atoms with E-state index < -0.39 is 11.2 Å². The predicted octanol–water partition coefficient (Wildman–Crippen LogP) is 4.48. The standard InChI is InChI=1S/C26H27BrFN7O2/c1-25(23(36)34-13-26(2,14-34)37-3)7-6-16(11-25)31-24-30-12-18-21(27)33-35(22(18)32-24)17-9-15-5-4-8-29-20(15)19(28)10-17/h4-5,8-10,12,16H,6-7,11,13-14H2,1-3H3,(H,30,31,32)/t16-,25-/m1/s1. The molecular formula is C26H27BrFN7O2. The minimum absolute atomic E-state index is 0.0606. The molecule has 2 atom stereocenters. The maximum Gasteiger partial charge on any atom is 0.228 e. The Kier molecular flexibility index (Phi) is 5.68. The highest BCUT2D eigenvalue weighted by atomic mass is 79.9. The highest BCUT2D eigenvalue weighted by Crippen LogP contribution is 2.42. The van der Waals surface area contributed by atoms with E-state index in [2.05, 4.69) is 36.3 Å². The zero-order valence-electron chi connectivity index (χ0n) is 20.8. The van der Waals surface area contributed by atoms with E-state index in [1.165, 1.54) is 6.07 Å². The first-order valence-electron chi connectivity index (χ1n) is 12.3. The molecule has 0 unspecified atom stereocenters. The second-order valence-corrected chi connectivity index (χ2v) is 11.3. The van der Waals surface area contributed by atoms with Crippen LogP contribution in [-0.4, -0.2) is 67.4 Å². The molecule has 1 aliphatic heterocycles.